The maximum Gasteiger partial charge on any atom is 0.0785 e. The van der Waals surface area contributed by atoms with E-state index in [1.165, 1.54) is 6.42 Å². The zero-order valence-electron chi connectivity index (χ0n) is 11.0. The molecule has 0 unspecified atom stereocenters. The molecule has 1 atom stereocenters. The van der Waals surface area contributed by atoms with Crippen LogP contribution in [0, 0.1) is 5.41 Å². The first-order chi connectivity index (χ1) is 8.67. The Morgan fingerprint density at radius 1 is 1.50 bits per heavy atom. The van der Waals surface area contributed by atoms with Crippen LogP contribution in [0.1, 0.15) is 26.2 Å². The summed E-state index contributed by atoms with van der Waals surface area (Å²) in [5, 5.41) is 14.5. The van der Waals surface area contributed by atoms with Crippen molar-refractivity contribution in [3.8, 4) is 0 Å². The molecule has 1 aromatic heterocycles. The van der Waals surface area contributed by atoms with Gasteiger partial charge in [0, 0.05) is 31.3 Å². The fourth-order valence-corrected chi connectivity index (χ4v) is 2.89. The average molecular weight is 272 g/mol. The highest BCUT2D eigenvalue weighted by Crippen LogP contribution is 2.32. The molecular weight excluding hydrogens is 250 g/mol. The number of aliphatic hydroxyl groups is 1. The van der Waals surface area contributed by atoms with Gasteiger partial charge in [0.1, 0.15) is 0 Å². The van der Waals surface area contributed by atoms with E-state index in [4.69, 9.17) is 11.6 Å². The third kappa shape index (κ3) is 3.25. The van der Waals surface area contributed by atoms with Gasteiger partial charge in [0.25, 0.3) is 0 Å². The highest BCUT2D eigenvalue weighted by molar-refractivity contribution is 6.30. The molecule has 1 aliphatic rings. The van der Waals surface area contributed by atoms with Gasteiger partial charge in [0.15, 0.2) is 0 Å². The lowest BCUT2D eigenvalue weighted by molar-refractivity contribution is 0.0276. The van der Waals surface area contributed by atoms with Crippen LogP contribution in [0.4, 0.5) is 0 Å². The lowest BCUT2D eigenvalue weighted by Gasteiger charge is -2.41. The molecule has 0 aromatic carbocycles. The second-order valence-corrected chi connectivity index (χ2v) is 5.75. The lowest BCUT2D eigenvalue weighted by Crippen LogP contribution is -2.46. The van der Waals surface area contributed by atoms with Gasteiger partial charge < -0.3 is 10.0 Å². The molecule has 0 saturated carbocycles. The van der Waals surface area contributed by atoms with E-state index < -0.39 is 0 Å². The lowest BCUT2D eigenvalue weighted by atomic mass is 9.78. The maximum atomic E-state index is 9.59. The van der Waals surface area contributed by atoms with Gasteiger partial charge in [-0.25, -0.2) is 0 Å². The molecule has 1 aromatic rings. The summed E-state index contributed by atoms with van der Waals surface area (Å²) in [7, 11) is 0. The Morgan fingerprint density at radius 2 is 2.33 bits per heavy atom. The molecule has 1 fully saturated rings. The van der Waals surface area contributed by atoms with Crippen LogP contribution >= 0.6 is 11.6 Å². The number of aromatic nitrogens is 2. The van der Waals surface area contributed by atoms with E-state index in [2.05, 4.69) is 16.9 Å². The second kappa shape index (κ2) is 6.04. The predicted molar refractivity (Wildman–Crippen MR) is 72.7 cm³/mol. The van der Waals surface area contributed by atoms with E-state index >= 15 is 0 Å². The molecule has 1 aliphatic heterocycles. The smallest absolute Gasteiger partial charge is 0.0785 e. The summed E-state index contributed by atoms with van der Waals surface area (Å²) in [6, 6.07) is 0. The Labute approximate surface area is 114 Å². The van der Waals surface area contributed by atoms with Crippen molar-refractivity contribution in [2.75, 3.05) is 26.2 Å². The van der Waals surface area contributed by atoms with Gasteiger partial charge in [-0.05, 0) is 25.8 Å². The molecule has 0 amide bonds. The van der Waals surface area contributed by atoms with Crippen molar-refractivity contribution in [2.24, 2.45) is 5.41 Å². The van der Waals surface area contributed by atoms with E-state index in [0.717, 1.165) is 39.0 Å². The maximum absolute atomic E-state index is 9.59. The Morgan fingerprint density at radius 3 is 2.94 bits per heavy atom. The van der Waals surface area contributed by atoms with Crippen LogP contribution < -0.4 is 0 Å². The third-order valence-electron chi connectivity index (χ3n) is 4.07. The van der Waals surface area contributed by atoms with Crippen LogP contribution in [0.5, 0.6) is 0 Å². The van der Waals surface area contributed by atoms with Crippen molar-refractivity contribution in [2.45, 2.75) is 32.7 Å². The molecule has 0 spiro atoms. The minimum Gasteiger partial charge on any atom is -0.396 e. The quantitative estimate of drug-likeness (QED) is 0.891. The Hall–Kier alpha value is -0.580. The van der Waals surface area contributed by atoms with E-state index in [-0.39, 0.29) is 5.41 Å². The topological polar surface area (TPSA) is 41.3 Å². The fraction of sp³-hybridized carbons (Fsp3) is 0.769. The minimum atomic E-state index is 0.111. The molecule has 0 bridgehead atoms. The first-order valence-corrected chi connectivity index (χ1v) is 7.06. The van der Waals surface area contributed by atoms with Crippen molar-refractivity contribution in [1.29, 1.82) is 0 Å². The summed E-state index contributed by atoms with van der Waals surface area (Å²) in [6.45, 7) is 6.42. The van der Waals surface area contributed by atoms with Crippen LogP contribution in [0.15, 0.2) is 12.4 Å². The Bertz CT molecular complexity index is 376. The van der Waals surface area contributed by atoms with Crippen LogP contribution in [-0.2, 0) is 6.54 Å². The number of aliphatic hydroxyl groups excluding tert-OH is 1. The molecule has 2 heterocycles. The van der Waals surface area contributed by atoms with E-state index in [9.17, 15) is 5.11 Å². The van der Waals surface area contributed by atoms with Crippen LogP contribution in [0.25, 0.3) is 0 Å². The van der Waals surface area contributed by atoms with Gasteiger partial charge >= 0.3 is 0 Å². The first-order valence-electron chi connectivity index (χ1n) is 6.69. The zero-order valence-corrected chi connectivity index (χ0v) is 11.7. The Kier molecular flexibility index (Phi) is 4.65. The summed E-state index contributed by atoms with van der Waals surface area (Å²) >= 11 is 5.84. The summed E-state index contributed by atoms with van der Waals surface area (Å²) < 4.78 is 1.88. The zero-order chi connectivity index (χ0) is 13.0. The standard InChI is InChI=1S/C13H22ClN3O/c1-2-13(11-18)4-3-5-16(10-13)6-7-17-9-12(14)8-15-17/h8-9,18H,2-7,10-11H2,1H3/t13-/m0/s1. The van der Waals surface area contributed by atoms with Crippen molar-refractivity contribution in [3.05, 3.63) is 17.4 Å². The molecule has 0 aliphatic carbocycles. The van der Waals surface area contributed by atoms with Crippen LogP contribution in [-0.4, -0.2) is 46.0 Å². The van der Waals surface area contributed by atoms with E-state index in [1.54, 1.807) is 6.20 Å². The Balaban J connectivity index is 1.86. The molecular formula is C13H22ClN3O. The molecule has 2 rings (SSSR count). The van der Waals surface area contributed by atoms with E-state index in [0.29, 0.717) is 11.6 Å². The summed E-state index contributed by atoms with van der Waals surface area (Å²) in [6.07, 6.45) is 6.89. The number of hydrogen-bond donors (Lipinski definition) is 1. The van der Waals surface area contributed by atoms with Crippen molar-refractivity contribution < 1.29 is 5.11 Å². The first kappa shape index (κ1) is 13.8. The van der Waals surface area contributed by atoms with Gasteiger partial charge in [0.05, 0.1) is 17.8 Å². The number of nitrogens with zero attached hydrogens (tertiary/aromatic N) is 3. The third-order valence-corrected chi connectivity index (χ3v) is 4.27. The second-order valence-electron chi connectivity index (χ2n) is 5.31. The largest absolute Gasteiger partial charge is 0.396 e. The molecule has 0 radical (unpaired) electrons. The number of rotatable bonds is 5. The molecule has 5 heteroatoms. The predicted octanol–water partition coefficient (Wildman–Crippen LogP) is 2.02. The summed E-state index contributed by atoms with van der Waals surface area (Å²) in [4.78, 5) is 2.43. The fourth-order valence-electron chi connectivity index (χ4n) is 2.73. The monoisotopic (exact) mass is 271 g/mol. The van der Waals surface area contributed by atoms with Gasteiger partial charge in [-0.3, -0.25) is 4.68 Å². The number of hydrogen-bond acceptors (Lipinski definition) is 3. The molecule has 1 N–H and O–H groups in total. The molecule has 4 nitrogen and oxygen atoms in total. The van der Waals surface area contributed by atoms with Crippen molar-refractivity contribution >= 4 is 11.6 Å². The normalized spacial score (nSPS) is 25.5. The van der Waals surface area contributed by atoms with E-state index in [1.807, 2.05) is 10.9 Å². The van der Waals surface area contributed by atoms with Crippen molar-refractivity contribution in [1.82, 2.24) is 14.7 Å². The van der Waals surface area contributed by atoms with Crippen LogP contribution in [0.3, 0.4) is 0 Å². The SMILES string of the molecule is CC[C@]1(CO)CCCN(CCn2cc(Cl)cn2)C1. The number of likely N-dealkylation sites (tertiary alicyclic amines) is 1. The summed E-state index contributed by atoms with van der Waals surface area (Å²) in [5.74, 6) is 0. The number of piperidine rings is 1. The van der Waals surface area contributed by atoms with Crippen LogP contribution in [0.2, 0.25) is 5.02 Å². The molecule has 1 saturated heterocycles. The highest BCUT2D eigenvalue weighted by Gasteiger charge is 2.32. The molecule has 102 valence electrons. The van der Waals surface area contributed by atoms with Gasteiger partial charge in [-0.15, -0.1) is 0 Å². The average Bonchev–Trinajstić information content (AvgIpc) is 2.82. The van der Waals surface area contributed by atoms with Gasteiger partial charge in [-0.2, -0.15) is 5.10 Å². The van der Waals surface area contributed by atoms with Gasteiger partial charge in [0.2, 0.25) is 0 Å². The summed E-state index contributed by atoms with van der Waals surface area (Å²) in [5.41, 5.74) is 0.111. The molecule has 18 heavy (non-hydrogen) atoms. The number of halogens is 1. The minimum absolute atomic E-state index is 0.111. The van der Waals surface area contributed by atoms with Crippen molar-refractivity contribution in [3.63, 3.8) is 0 Å². The van der Waals surface area contributed by atoms with Gasteiger partial charge in [-0.1, -0.05) is 18.5 Å². The highest BCUT2D eigenvalue weighted by atomic mass is 35.5.